The summed E-state index contributed by atoms with van der Waals surface area (Å²) in [5.41, 5.74) is 9.51. The molecule has 10 aliphatic rings. The second kappa shape index (κ2) is 7.73. The monoisotopic (exact) mass is 614 g/mol. The fourth-order valence-corrected chi connectivity index (χ4v) is 16.1. The van der Waals surface area contributed by atoms with Gasteiger partial charge in [-0.15, -0.1) is 0 Å². The first kappa shape index (κ1) is 26.2. The van der Waals surface area contributed by atoms with Gasteiger partial charge in [0.25, 0.3) is 0 Å². The van der Waals surface area contributed by atoms with Gasteiger partial charge in [0.05, 0.1) is 18.2 Å². The van der Waals surface area contributed by atoms with Crippen LogP contribution in [-0.4, -0.2) is 79.3 Å². The Balaban J connectivity index is 1.20. The van der Waals surface area contributed by atoms with Crippen molar-refractivity contribution in [2.75, 3.05) is 49.6 Å². The van der Waals surface area contributed by atoms with Crippen LogP contribution in [0.2, 0.25) is 0 Å². The minimum absolute atomic E-state index is 0.0614. The molecule has 0 radical (unpaired) electrons. The molecule has 0 amide bonds. The summed E-state index contributed by atoms with van der Waals surface area (Å²) in [6, 6.07) is 17.6. The summed E-state index contributed by atoms with van der Waals surface area (Å²) in [7, 11) is 1.61. The molecule has 8 heterocycles. The number of anilines is 2. The van der Waals surface area contributed by atoms with E-state index in [1.54, 1.807) is 18.4 Å². The van der Waals surface area contributed by atoms with Crippen molar-refractivity contribution < 1.29 is 9.53 Å². The van der Waals surface area contributed by atoms with Crippen molar-refractivity contribution in [2.45, 2.75) is 98.8 Å². The largest absolute Gasteiger partial charge is 0.467 e. The quantitative estimate of drug-likeness (QED) is 0.319. The number of esters is 1. The normalized spacial score (nSPS) is 48.7. The van der Waals surface area contributed by atoms with Crippen molar-refractivity contribution in [3.63, 3.8) is 0 Å². The Bertz CT molecular complexity index is 1820. The zero-order chi connectivity index (χ0) is 30.6. The number of benzene rings is 2. The van der Waals surface area contributed by atoms with Crippen molar-refractivity contribution in [3.05, 3.63) is 70.8 Å². The predicted octanol–water partition coefficient (Wildman–Crippen LogP) is 5.34. The Morgan fingerprint density at radius 3 is 2.63 bits per heavy atom. The molecule has 2 aromatic rings. The highest BCUT2D eigenvalue weighted by molar-refractivity contribution is 5.90. The number of para-hydroxylation sites is 2. The highest BCUT2D eigenvalue weighted by atomic mass is 16.5. The Kier molecular flexibility index (Phi) is 4.40. The van der Waals surface area contributed by atoms with Crippen LogP contribution < -0.4 is 9.80 Å². The summed E-state index contributed by atoms with van der Waals surface area (Å²) < 4.78 is 5.77. The van der Waals surface area contributed by atoms with Crippen LogP contribution in [0.15, 0.2) is 54.1 Å². The van der Waals surface area contributed by atoms with Crippen LogP contribution in [0.3, 0.4) is 0 Å². The highest BCUT2D eigenvalue weighted by Gasteiger charge is 2.87. The lowest BCUT2D eigenvalue weighted by molar-refractivity contribution is -0.148. The first-order valence-corrected chi connectivity index (χ1v) is 18.5. The van der Waals surface area contributed by atoms with Crippen LogP contribution in [0.25, 0.3) is 0 Å². The minimum Gasteiger partial charge on any atom is -0.467 e. The Morgan fingerprint density at radius 1 is 0.935 bits per heavy atom. The zero-order valence-corrected chi connectivity index (χ0v) is 27.6. The van der Waals surface area contributed by atoms with E-state index in [9.17, 15) is 4.79 Å². The number of ether oxygens (including phenoxy) is 1. The molecule has 8 aliphatic heterocycles. The third-order valence-electron chi connectivity index (χ3n) is 17.0. The van der Waals surface area contributed by atoms with E-state index < -0.39 is 0 Å². The van der Waals surface area contributed by atoms with Gasteiger partial charge in [0.2, 0.25) is 0 Å². The maximum atomic E-state index is 14.3. The molecule has 4 spiro atoms. The topological polar surface area (TPSA) is 39.3 Å². The first-order valence-electron chi connectivity index (χ1n) is 18.5. The molecule has 12 rings (SSSR count). The Hall–Kier alpha value is -2.83. The smallest absolute Gasteiger partial charge is 0.329 e. The van der Waals surface area contributed by atoms with Gasteiger partial charge in [-0.2, -0.15) is 0 Å². The van der Waals surface area contributed by atoms with E-state index in [1.165, 1.54) is 67.6 Å². The summed E-state index contributed by atoms with van der Waals surface area (Å²) in [5.74, 6) is 0.810. The van der Waals surface area contributed by atoms with Gasteiger partial charge < -0.3 is 14.5 Å². The SMILES string of the molecule is C/C=C1/CN2CC[C@@]34CN5c6c(cccc6[C@@]67CCN8CCC[C@@]9(CC[C@@]56C9C)[C@H]87)[C@@]35[C@@H]2C[C@@H]1[C@@H](C(=O)OC)N5c1ccccc14. The number of allylic oxidation sites excluding steroid dienone is 1. The van der Waals surface area contributed by atoms with E-state index in [0.717, 1.165) is 32.5 Å². The van der Waals surface area contributed by atoms with Gasteiger partial charge in [-0.3, -0.25) is 9.80 Å². The van der Waals surface area contributed by atoms with E-state index in [-0.39, 0.29) is 39.8 Å². The van der Waals surface area contributed by atoms with Crippen molar-refractivity contribution >= 4 is 17.3 Å². The molecule has 6 nitrogen and oxygen atoms in total. The average Bonchev–Trinajstić information content (AvgIpc) is 3.82. The number of rotatable bonds is 1. The van der Waals surface area contributed by atoms with Crippen molar-refractivity contribution in [3.8, 4) is 0 Å². The molecule has 2 aromatic carbocycles. The fourth-order valence-electron chi connectivity index (χ4n) is 16.1. The first-order chi connectivity index (χ1) is 22.5. The number of nitrogens with zero attached hydrogens (tertiary/aromatic N) is 4. The summed E-state index contributed by atoms with van der Waals surface area (Å²) in [4.78, 5) is 25.9. The zero-order valence-electron chi connectivity index (χ0n) is 27.6. The number of hydrogen-bond acceptors (Lipinski definition) is 6. The fraction of sp³-hybridized carbons (Fsp3) is 0.625. The number of piperidine rings is 4. The number of methoxy groups -OCH3 is 1. The molecule has 0 N–H and O–H groups in total. The van der Waals surface area contributed by atoms with Crippen LogP contribution in [0.4, 0.5) is 11.4 Å². The second-order valence-electron chi connectivity index (χ2n) is 17.1. The lowest BCUT2D eigenvalue weighted by Crippen LogP contribution is -2.81. The van der Waals surface area contributed by atoms with E-state index >= 15 is 0 Å². The summed E-state index contributed by atoms with van der Waals surface area (Å²) in [5, 5.41) is 0. The molecule has 46 heavy (non-hydrogen) atoms. The molecule has 1 unspecified atom stereocenters. The maximum absolute atomic E-state index is 14.3. The summed E-state index contributed by atoms with van der Waals surface area (Å²) in [6.45, 7) is 10.6. The minimum atomic E-state index is -0.311. The van der Waals surface area contributed by atoms with E-state index in [0.29, 0.717) is 23.4 Å². The van der Waals surface area contributed by atoms with Gasteiger partial charge in [-0.1, -0.05) is 55.0 Å². The van der Waals surface area contributed by atoms with E-state index in [2.05, 4.69) is 82.0 Å². The predicted molar refractivity (Wildman–Crippen MR) is 178 cm³/mol. The number of carbonyl (C=O) groups is 1. The number of hydrogen-bond donors (Lipinski definition) is 0. The molecule has 10 atom stereocenters. The Morgan fingerprint density at radius 2 is 1.76 bits per heavy atom. The Labute approximate surface area is 272 Å². The number of carbonyl (C=O) groups excluding carboxylic acids is 1. The van der Waals surface area contributed by atoms with Crippen LogP contribution in [-0.2, 0) is 25.9 Å². The number of fused-ring (bicyclic) bond motifs is 3. The van der Waals surface area contributed by atoms with Gasteiger partial charge >= 0.3 is 5.97 Å². The summed E-state index contributed by atoms with van der Waals surface area (Å²) in [6.07, 6.45) is 11.3. The third kappa shape index (κ3) is 2.17. The molecular formula is C40H46N4O2. The molecule has 2 aliphatic carbocycles. The van der Waals surface area contributed by atoms with Crippen LogP contribution in [0, 0.1) is 17.3 Å². The molecule has 6 heteroatoms. The van der Waals surface area contributed by atoms with Gasteiger partial charge in [0.1, 0.15) is 6.04 Å². The lowest BCUT2D eigenvalue weighted by Gasteiger charge is -2.71. The maximum Gasteiger partial charge on any atom is 0.329 e. The lowest BCUT2D eigenvalue weighted by atomic mass is 9.50. The molecular weight excluding hydrogens is 568 g/mol. The van der Waals surface area contributed by atoms with Gasteiger partial charge in [0, 0.05) is 58.9 Å². The molecule has 4 bridgehead atoms. The average molecular weight is 615 g/mol. The molecule has 5 saturated heterocycles. The van der Waals surface area contributed by atoms with Crippen LogP contribution in [0.1, 0.15) is 75.5 Å². The molecule has 0 aromatic heterocycles. The second-order valence-corrected chi connectivity index (χ2v) is 17.1. The summed E-state index contributed by atoms with van der Waals surface area (Å²) >= 11 is 0. The molecule has 2 saturated carbocycles. The van der Waals surface area contributed by atoms with Crippen LogP contribution in [0.5, 0.6) is 0 Å². The highest BCUT2D eigenvalue weighted by Crippen LogP contribution is 2.83. The molecule has 238 valence electrons. The van der Waals surface area contributed by atoms with E-state index in [1.807, 2.05) is 0 Å². The van der Waals surface area contributed by atoms with Gasteiger partial charge in [0.15, 0.2) is 0 Å². The van der Waals surface area contributed by atoms with E-state index in [4.69, 9.17) is 4.74 Å². The van der Waals surface area contributed by atoms with Crippen molar-refractivity contribution in [1.82, 2.24) is 9.80 Å². The van der Waals surface area contributed by atoms with Crippen molar-refractivity contribution in [1.29, 1.82) is 0 Å². The molecule has 7 fully saturated rings. The third-order valence-corrected chi connectivity index (χ3v) is 17.0. The standard InChI is InChI=1S/C40H46N4O2/c1-4-25-22-42-19-16-37-23-43-33-28(38-17-20-41-18-8-13-36(35(38)41)14-15-39(38,43)24(36)2)10-7-11-29(33)40(37)31(42)21-26(25)32(34(45)46-3)44(40)30-12-6-5-9-27(30)37/h4-7,9-12,24,26,31-32,35H,8,13-23H2,1-3H3/b25-4-/t24?,26-,31-,32-,35-,36-,37-,38+,39-,40+/m0/s1. The van der Waals surface area contributed by atoms with Gasteiger partial charge in [-0.25, -0.2) is 4.79 Å². The van der Waals surface area contributed by atoms with Gasteiger partial charge in [-0.05, 0) is 100 Å². The van der Waals surface area contributed by atoms with Crippen molar-refractivity contribution in [2.24, 2.45) is 17.3 Å². The van der Waals surface area contributed by atoms with Crippen LogP contribution >= 0.6 is 0 Å².